The Balaban J connectivity index is 5.14. The van der Waals surface area contributed by atoms with Crippen molar-refractivity contribution in [1.82, 2.24) is 5.32 Å². The number of alkyl carbamates (subject to hydrolysis) is 1. The summed E-state index contributed by atoms with van der Waals surface area (Å²) in [7, 11) is 0. The van der Waals surface area contributed by atoms with Gasteiger partial charge >= 0.3 is 12.1 Å². The quantitative estimate of drug-likeness (QED) is 0.699. The van der Waals surface area contributed by atoms with Gasteiger partial charge in [0.2, 0.25) is 0 Å². The molecule has 0 bridgehead atoms. The molecule has 19 heavy (non-hydrogen) atoms. The predicted molar refractivity (Wildman–Crippen MR) is 77.6 cm³/mol. The summed E-state index contributed by atoms with van der Waals surface area (Å²) in [6.07, 6.45) is -0.763. The number of carbonyl (C=O) groups is 2. The number of carbonyl (C=O) groups excluding carboxylic acids is 1. The van der Waals surface area contributed by atoms with Crippen LogP contribution in [0.3, 0.4) is 0 Å². The average molecular weight is 291 g/mol. The van der Waals surface area contributed by atoms with Gasteiger partial charge in [-0.25, -0.2) is 9.59 Å². The van der Waals surface area contributed by atoms with Crippen LogP contribution in [0, 0.1) is 5.41 Å². The van der Waals surface area contributed by atoms with E-state index in [2.05, 4.69) is 17.9 Å². The molecule has 0 unspecified atom stereocenters. The molecule has 0 aliphatic carbocycles. The fourth-order valence-electron chi connectivity index (χ4n) is 1.62. The third kappa shape index (κ3) is 5.30. The first-order valence-corrected chi connectivity index (χ1v) is 6.64. The largest absolute Gasteiger partial charge is 0.479 e. The summed E-state index contributed by atoms with van der Waals surface area (Å²) in [4.78, 5) is 23.3. The molecule has 112 valence electrons. The second-order valence-corrected chi connectivity index (χ2v) is 7.42. The Labute approximate surface area is 120 Å². The van der Waals surface area contributed by atoms with Crippen LogP contribution in [0.5, 0.6) is 0 Å². The molecule has 0 aliphatic heterocycles. The number of rotatable bonds is 3. The summed E-state index contributed by atoms with van der Waals surface area (Å²) in [6, 6.07) is 0. The molecule has 0 radical (unpaired) electrons. The van der Waals surface area contributed by atoms with Gasteiger partial charge in [-0.2, -0.15) is 12.6 Å². The number of hydrogen-bond donors (Lipinski definition) is 3. The van der Waals surface area contributed by atoms with Crippen LogP contribution in [0.2, 0.25) is 0 Å². The Morgan fingerprint density at radius 2 is 1.53 bits per heavy atom. The number of aliphatic carboxylic acids is 1. The first-order chi connectivity index (χ1) is 8.20. The van der Waals surface area contributed by atoms with E-state index in [1.807, 2.05) is 20.8 Å². The Bertz CT molecular complexity index is 357. The van der Waals surface area contributed by atoms with Crippen molar-refractivity contribution in [2.24, 2.45) is 5.41 Å². The molecule has 5 nitrogen and oxygen atoms in total. The van der Waals surface area contributed by atoms with Crippen LogP contribution in [0.4, 0.5) is 4.79 Å². The van der Waals surface area contributed by atoms with Gasteiger partial charge < -0.3 is 15.2 Å². The van der Waals surface area contributed by atoms with Gasteiger partial charge in [0.25, 0.3) is 0 Å². The molecular weight excluding hydrogens is 266 g/mol. The van der Waals surface area contributed by atoms with E-state index in [0.29, 0.717) is 0 Å². The minimum absolute atomic E-state index is 0.398. The van der Waals surface area contributed by atoms with E-state index >= 15 is 0 Å². The molecule has 0 spiro atoms. The fourth-order valence-corrected chi connectivity index (χ4v) is 1.80. The van der Waals surface area contributed by atoms with Gasteiger partial charge in [0.15, 0.2) is 0 Å². The number of amides is 1. The van der Waals surface area contributed by atoms with Crippen molar-refractivity contribution in [2.45, 2.75) is 64.9 Å². The molecule has 6 heteroatoms. The molecule has 0 fully saturated rings. The SMILES string of the molecule is CC(C)(C)OC(=O)N[C@@](C)(C(=O)O)[C@H](S)C(C)(C)C. The lowest BCUT2D eigenvalue weighted by atomic mass is 9.80. The monoisotopic (exact) mass is 291 g/mol. The zero-order valence-electron chi connectivity index (χ0n) is 12.7. The highest BCUT2D eigenvalue weighted by atomic mass is 32.1. The second kappa shape index (κ2) is 5.61. The van der Waals surface area contributed by atoms with Crippen LogP contribution in [-0.2, 0) is 9.53 Å². The van der Waals surface area contributed by atoms with Gasteiger partial charge in [-0.3, -0.25) is 0 Å². The molecule has 0 rings (SSSR count). The molecule has 0 aliphatic rings. The van der Waals surface area contributed by atoms with Crippen LogP contribution in [-0.4, -0.2) is 33.6 Å². The lowest BCUT2D eigenvalue weighted by molar-refractivity contribution is -0.145. The van der Waals surface area contributed by atoms with Gasteiger partial charge in [0, 0.05) is 5.25 Å². The van der Waals surface area contributed by atoms with Gasteiger partial charge in [-0.15, -0.1) is 0 Å². The normalized spacial score (nSPS) is 17.3. The molecule has 0 aromatic rings. The van der Waals surface area contributed by atoms with Gasteiger partial charge in [0.1, 0.15) is 11.1 Å². The Kier molecular flexibility index (Phi) is 5.34. The topological polar surface area (TPSA) is 75.6 Å². The standard InChI is InChI=1S/C13H25NO4S/c1-11(2,3)8(19)13(7,9(15)16)14-10(17)18-12(4,5)6/h8,19H,1-7H3,(H,14,17)(H,15,16)/t8-,13-/m1/s1. The number of carboxylic acids is 1. The highest BCUT2D eigenvalue weighted by Crippen LogP contribution is 2.33. The number of thiol groups is 1. The first-order valence-electron chi connectivity index (χ1n) is 6.13. The number of carboxylic acid groups (broad SMARTS) is 1. The zero-order valence-corrected chi connectivity index (χ0v) is 13.6. The first kappa shape index (κ1) is 18.1. The smallest absolute Gasteiger partial charge is 0.408 e. The maximum Gasteiger partial charge on any atom is 0.408 e. The van der Waals surface area contributed by atoms with E-state index in [9.17, 15) is 14.7 Å². The molecule has 0 saturated heterocycles. The highest BCUT2D eigenvalue weighted by molar-refractivity contribution is 7.81. The van der Waals surface area contributed by atoms with E-state index in [1.54, 1.807) is 20.8 Å². The third-order valence-corrected chi connectivity index (χ3v) is 3.86. The predicted octanol–water partition coefficient (Wildman–Crippen LogP) is 2.70. The van der Waals surface area contributed by atoms with E-state index < -0.39 is 33.9 Å². The van der Waals surface area contributed by atoms with Crippen molar-refractivity contribution in [1.29, 1.82) is 0 Å². The molecule has 0 heterocycles. The zero-order chi connectivity index (χ0) is 15.6. The van der Waals surface area contributed by atoms with E-state index in [4.69, 9.17) is 4.74 Å². The molecule has 0 aromatic carbocycles. The highest BCUT2D eigenvalue weighted by Gasteiger charge is 2.47. The van der Waals surface area contributed by atoms with Crippen molar-refractivity contribution in [3.63, 3.8) is 0 Å². The van der Waals surface area contributed by atoms with Crippen molar-refractivity contribution in [3.05, 3.63) is 0 Å². The average Bonchev–Trinajstić information content (AvgIpc) is 2.11. The van der Waals surface area contributed by atoms with E-state index in [1.165, 1.54) is 6.92 Å². The minimum atomic E-state index is -1.51. The maximum atomic E-state index is 11.8. The van der Waals surface area contributed by atoms with Gasteiger partial charge in [-0.1, -0.05) is 20.8 Å². The van der Waals surface area contributed by atoms with E-state index in [-0.39, 0.29) is 0 Å². The van der Waals surface area contributed by atoms with Crippen LogP contribution in [0.1, 0.15) is 48.5 Å². The van der Waals surface area contributed by atoms with Crippen LogP contribution >= 0.6 is 12.6 Å². The summed E-state index contributed by atoms with van der Waals surface area (Å²) in [5.41, 5.74) is -2.59. The summed E-state index contributed by atoms with van der Waals surface area (Å²) in [5.74, 6) is -1.15. The Morgan fingerprint density at radius 3 is 1.79 bits per heavy atom. The summed E-state index contributed by atoms with van der Waals surface area (Å²) in [5, 5.41) is 11.2. The molecule has 1 amide bonds. The van der Waals surface area contributed by atoms with Gasteiger partial charge in [-0.05, 0) is 33.1 Å². The van der Waals surface area contributed by atoms with Crippen LogP contribution < -0.4 is 5.32 Å². The fraction of sp³-hybridized carbons (Fsp3) is 0.846. The van der Waals surface area contributed by atoms with Crippen molar-refractivity contribution in [2.75, 3.05) is 0 Å². The second-order valence-electron chi connectivity index (χ2n) is 6.90. The van der Waals surface area contributed by atoms with E-state index in [0.717, 1.165) is 0 Å². The molecule has 0 aromatic heterocycles. The molecule has 2 atom stereocenters. The Hall–Kier alpha value is -0.910. The minimum Gasteiger partial charge on any atom is -0.479 e. The van der Waals surface area contributed by atoms with Crippen LogP contribution in [0.25, 0.3) is 0 Å². The maximum absolute atomic E-state index is 11.8. The molecular formula is C13H25NO4S. The Morgan fingerprint density at radius 1 is 1.11 bits per heavy atom. The van der Waals surface area contributed by atoms with Gasteiger partial charge in [0.05, 0.1) is 0 Å². The van der Waals surface area contributed by atoms with Crippen molar-refractivity contribution >= 4 is 24.7 Å². The number of hydrogen-bond acceptors (Lipinski definition) is 4. The third-order valence-electron chi connectivity index (χ3n) is 2.57. The molecule has 0 saturated carbocycles. The lowest BCUT2D eigenvalue weighted by Gasteiger charge is -2.39. The molecule has 2 N–H and O–H groups in total. The van der Waals surface area contributed by atoms with Crippen molar-refractivity contribution in [3.8, 4) is 0 Å². The lowest BCUT2D eigenvalue weighted by Crippen LogP contribution is -2.62. The van der Waals surface area contributed by atoms with Crippen LogP contribution in [0.15, 0.2) is 0 Å². The van der Waals surface area contributed by atoms with Crippen molar-refractivity contribution < 1.29 is 19.4 Å². The number of nitrogens with one attached hydrogen (secondary N) is 1. The summed E-state index contributed by atoms with van der Waals surface area (Å²) in [6.45, 7) is 12.2. The summed E-state index contributed by atoms with van der Waals surface area (Å²) < 4.78 is 5.10. The summed E-state index contributed by atoms with van der Waals surface area (Å²) >= 11 is 4.37. The number of ether oxygens (including phenoxy) is 1.